The molecule has 2 unspecified atom stereocenters. The fraction of sp³-hybridized carbons (Fsp3) is 0.867. The SMILES string of the molecule is CCN(c1nc(C(C)(C)C)ns1)C1CCCCC1CN. The van der Waals surface area contributed by atoms with Gasteiger partial charge in [-0.1, -0.05) is 33.6 Å². The molecular weight excluding hydrogens is 268 g/mol. The molecule has 4 nitrogen and oxygen atoms in total. The molecular formula is C15H28N4S. The Bertz CT molecular complexity index is 424. The monoisotopic (exact) mass is 296 g/mol. The van der Waals surface area contributed by atoms with E-state index in [1.165, 1.54) is 37.2 Å². The summed E-state index contributed by atoms with van der Waals surface area (Å²) in [5.41, 5.74) is 6.00. The zero-order valence-corrected chi connectivity index (χ0v) is 14.0. The maximum atomic E-state index is 5.98. The molecule has 0 radical (unpaired) electrons. The van der Waals surface area contributed by atoms with Crippen molar-refractivity contribution in [2.24, 2.45) is 11.7 Å². The Morgan fingerprint density at radius 1 is 1.30 bits per heavy atom. The third-order valence-electron chi connectivity index (χ3n) is 4.24. The van der Waals surface area contributed by atoms with Crippen molar-refractivity contribution in [2.75, 3.05) is 18.0 Å². The molecule has 0 amide bonds. The number of nitrogens with two attached hydrogens (primary N) is 1. The summed E-state index contributed by atoms with van der Waals surface area (Å²) in [5.74, 6) is 1.56. The van der Waals surface area contributed by atoms with Crippen LogP contribution in [0, 0.1) is 5.92 Å². The minimum Gasteiger partial charge on any atom is -0.344 e. The molecule has 2 N–H and O–H groups in total. The number of anilines is 1. The second-order valence-corrected chi connectivity index (χ2v) is 7.51. The Labute approximate surface area is 126 Å². The summed E-state index contributed by atoms with van der Waals surface area (Å²) in [4.78, 5) is 7.22. The predicted molar refractivity (Wildman–Crippen MR) is 86.4 cm³/mol. The largest absolute Gasteiger partial charge is 0.344 e. The minimum absolute atomic E-state index is 0.0218. The van der Waals surface area contributed by atoms with Crippen molar-refractivity contribution in [3.63, 3.8) is 0 Å². The first-order valence-corrected chi connectivity index (χ1v) is 8.55. The van der Waals surface area contributed by atoms with E-state index in [9.17, 15) is 0 Å². The van der Waals surface area contributed by atoms with Crippen LogP contribution in [0.15, 0.2) is 0 Å². The Morgan fingerprint density at radius 2 is 2.00 bits per heavy atom. The zero-order chi connectivity index (χ0) is 14.8. The topological polar surface area (TPSA) is 55.0 Å². The lowest BCUT2D eigenvalue weighted by Crippen LogP contribution is -2.45. The lowest BCUT2D eigenvalue weighted by molar-refractivity contribution is 0.300. The minimum atomic E-state index is 0.0218. The van der Waals surface area contributed by atoms with Gasteiger partial charge in [0.05, 0.1) is 0 Å². The summed E-state index contributed by atoms with van der Waals surface area (Å²) in [7, 11) is 0. The van der Waals surface area contributed by atoms with Gasteiger partial charge in [0.25, 0.3) is 0 Å². The van der Waals surface area contributed by atoms with Crippen molar-refractivity contribution >= 4 is 16.7 Å². The molecule has 1 aromatic rings. The Morgan fingerprint density at radius 3 is 2.55 bits per heavy atom. The van der Waals surface area contributed by atoms with Crippen LogP contribution in [-0.4, -0.2) is 28.5 Å². The summed E-state index contributed by atoms with van der Waals surface area (Å²) < 4.78 is 4.56. The van der Waals surface area contributed by atoms with E-state index in [0.29, 0.717) is 12.0 Å². The fourth-order valence-electron chi connectivity index (χ4n) is 3.02. The first-order chi connectivity index (χ1) is 9.47. The molecule has 1 aromatic heterocycles. The fourth-order valence-corrected chi connectivity index (χ4v) is 4.00. The normalized spacial score (nSPS) is 23.9. The highest BCUT2D eigenvalue weighted by atomic mass is 32.1. The molecule has 0 bridgehead atoms. The molecule has 0 aromatic carbocycles. The number of hydrogen-bond donors (Lipinski definition) is 1. The molecule has 20 heavy (non-hydrogen) atoms. The molecule has 1 aliphatic rings. The van der Waals surface area contributed by atoms with E-state index in [1.54, 1.807) is 0 Å². The summed E-state index contributed by atoms with van der Waals surface area (Å²) in [6.07, 6.45) is 5.12. The highest BCUT2D eigenvalue weighted by Crippen LogP contribution is 2.33. The van der Waals surface area contributed by atoms with Gasteiger partial charge in [-0.2, -0.15) is 4.37 Å². The highest BCUT2D eigenvalue weighted by Gasteiger charge is 2.31. The van der Waals surface area contributed by atoms with Gasteiger partial charge in [-0.3, -0.25) is 0 Å². The van der Waals surface area contributed by atoms with Crippen molar-refractivity contribution in [1.82, 2.24) is 9.36 Å². The number of rotatable bonds is 4. The maximum Gasteiger partial charge on any atom is 0.205 e. The van der Waals surface area contributed by atoms with Gasteiger partial charge in [0, 0.05) is 29.5 Å². The highest BCUT2D eigenvalue weighted by molar-refractivity contribution is 7.09. The first kappa shape index (κ1) is 15.7. The number of nitrogens with zero attached hydrogens (tertiary/aromatic N) is 3. The van der Waals surface area contributed by atoms with Crippen LogP contribution in [0.1, 0.15) is 59.2 Å². The van der Waals surface area contributed by atoms with Crippen LogP contribution >= 0.6 is 11.5 Å². The van der Waals surface area contributed by atoms with E-state index in [0.717, 1.165) is 24.0 Å². The van der Waals surface area contributed by atoms with E-state index < -0.39 is 0 Å². The molecule has 0 aliphatic heterocycles. The van der Waals surface area contributed by atoms with Crippen LogP contribution < -0.4 is 10.6 Å². The second kappa shape index (κ2) is 6.39. The quantitative estimate of drug-likeness (QED) is 0.927. The third kappa shape index (κ3) is 3.31. The van der Waals surface area contributed by atoms with Crippen molar-refractivity contribution in [1.29, 1.82) is 0 Å². The van der Waals surface area contributed by atoms with Crippen LogP contribution in [0.2, 0.25) is 0 Å². The average Bonchev–Trinajstić information content (AvgIpc) is 2.90. The molecule has 1 aliphatic carbocycles. The maximum absolute atomic E-state index is 5.98. The molecule has 1 fully saturated rings. The Hall–Kier alpha value is -0.680. The second-order valence-electron chi connectivity index (χ2n) is 6.78. The molecule has 1 saturated carbocycles. The van der Waals surface area contributed by atoms with E-state index in [1.807, 2.05) is 0 Å². The zero-order valence-electron chi connectivity index (χ0n) is 13.2. The molecule has 0 spiro atoms. The first-order valence-electron chi connectivity index (χ1n) is 7.78. The number of aromatic nitrogens is 2. The van der Waals surface area contributed by atoms with Crippen molar-refractivity contribution in [3.8, 4) is 0 Å². The van der Waals surface area contributed by atoms with Crippen LogP contribution in [-0.2, 0) is 5.41 Å². The van der Waals surface area contributed by atoms with Gasteiger partial charge in [-0.25, -0.2) is 4.98 Å². The van der Waals surface area contributed by atoms with Gasteiger partial charge < -0.3 is 10.6 Å². The smallest absolute Gasteiger partial charge is 0.205 e. The molecule has 114 valence electrons. The summed E-state index contributed by atoms with van der Waals surface area (Å²) in [6.45, 7) is 10.5. The summed E-state index contributed by atoms with van der Waals surface area (Å²) >= 11 is 1.54. The van der Waals surface area contributed by atoms with Gasteiger partial charge in [0.15, 0.2) is 0 Å². The lowest BCUT2D eigenvalue weighted by Gasteiger charge is -2.38. The van der Waals surface area contributed by atoms with Crippen LogP contribution in [0.4, 0.5) is 5.13 Å². The Kier molecular flexibility index (Phi) is 5.02. The molecule has 5 heteroatoms. The third-order valence-corrected chi connectivity index (χ3v) is 5.00. The molecule has 2 atom stereocenters. The standard InChI is InChI=1S/C15H28N4S/c1-5-19(12-9-7-6-8-11(12)10-16)14-17-13(18-20-14)15(2,3)4/h11-12H,5-10,16H2,1-4H3. The van der Waals surface area contributed by atoms with Gasteiger partial charge in [-0.05, 0) is 32.2 Å². The van der Waals surface area contributed by atoms with Crippen molar-refractivity contribution in [2.45, 2.75) is 64.8 Å². The van der Waals surface area contributed by atoms with Crippen molar-refractivity contribution in [3.05, 3.63) is 5.82 Å². The predicted octanol–water partition coefficient (Wildman–Crippen LogP) is 3.18. The Balaban J connectivity index is 2.20. The number of hydrogen-bond acceptors (Lipinski definition) is 5. The van der Waals surface area contributed by atoms with E-state index in [4.69, 9.17) is 10.7 Å². The van der Waals surface area contributed by atoms with Gasteiger partial charge >= 0.3 is 0 Å². The van der Waals surface area contributed by atoms with Gasteiger partial charge in [-0.15, -0.1) is 0 Å². The van der Waals surface area contributed by atoms with E-state index in [2.05, 4.69) is 37.0 Å². The average molecular weight is 296 g/mol. The van der Waals surface area contributed by atoms with Crippen LogP contribution in [0.5, 0.6) is 0 Å². The van der Waals surface area contributed by atoms with Crippen LogP contribution in [0.25, 0.3) is 0 Å². The summed E-state index contributed by atoms with van der Waals surface area (Å²) in [6, 6.07) is 0.541. The van der Waals surface area contributed by atoms with Gasteiger partial charge in [0.2, 0.25) is 5.13 Å². The molecule has 1 heterocycles. The van der Waals surface area contributed by atoms with Crippen molar-refractivity contribution < 1.29 is 0 Å². The molecule has 0 saturated heterocycles. The van der Waals surface area contributed by atoms with Crippen LogP contribution in [0.3, 0.4) is 0 Å². The lowest BCUT2D eigenvalue weighted by atomic mass is 9.83. The van der Waals surface area contributed by atoms with Gasteiger partial charge in [0.1, 0.15) is 5.82 Å². The van der Waals surface area contributed by atoms with E-state index in [-0.39, 0.29) is 5.41 Å². The van der Waals surface area contributed by atoms with E-state index >= 15 is 0 Å². The summed E-state index contributed by atoms with van der Waals surface area (Å²) in [5, 5.41) is 1.07. The molecule has 2 rings (SSSR count).